The summed E-state index contributed by atoms with van der Waals surface area (Å²) in [6, 6.07) is 21.8. The molecule has 7 N–H and O–H groups in total. The average Bonchev–Trinajstić information content (AvgIpc) is 3.55. The number of nitrogens with zero attached hydrogens (tertiary/aromatic N) is 2. The van der Waals surface area contributed by atoms with Crippen LogP contribution in [0.2, 0.25) is 0 Å². The Bertz CT molecular complexity index is 2010. The molecule has 6 rings (SSSR count). The molecule has 1 aliphatic heterocycles. The number of carbonyl (C=O) groups is 2. The minimum Gasteiger partial charge on any atom is -0.759 e. The van der Waals surface area contributed by atoms with Gasteiger partial charge in [-0.3, -0.25) is 18.1 Å². The van der Waals surface area contributed by atoms with Crippen molar-refractivity contribution in [2.24, 2.45) is 5.73 Å². The SMILES string of the molecule is CC(CCc1ccccc1)NCC(O)c1ccc(O)c(C(N)=O)c1.CCN(CC)C(=O)N[C@H]1C=C2c3cccc4[nH]cc(c34)C[C@H]2N(C)C1.O=S(=O)([O-])[O-].[Mg+2]. The number of phenols is 1. The second-order valence-electron chi connectivity index (χ2n) is 13.5. The van der Waals surface area contributed by atoms with Gasteiger partial charge in [0.25, 0.3) is 5.91 Å². The summed E-state index contributed by atoms with van der Waals surface area (Å²) in [4.78, 5) is 31.3. The monoisotopic (exact) mass is 786 g/mol. The number of rotatable bonds is 11. The number of benzene rings is 3. The van der Waals surface area contributed by atoms with E-state index in [-0.39, 0.29) is 52.5 Å². The van der Waals surface area contributed by atoms with E-state index in [9.17, 15) is 19.8 Å². The molecule has 4 atom stereocenters. The summed E-state index contributed by atoms with van der Waals surface area (Å²) in [7, 11) is -3.01. The molecule has 1 aromatic heterocycles. The molecule has 0 saturated carbocycles. The number of nitrogens with one attached hydrogen (secondary N) is 3. The summed E-state index contributed by atoms with van der Waals surface area (Å²) in [6.45, 7) is 8.77. The van der Waals surface area contributed by atoms with Gasteiger partial charge in [0.2, 0.25) is 0 Å². The Labute approximate surface area is 338 Å². The second kappa shape index (κ2) is 20.8. The van der Waals surface area contributed by atoms with Gasteiger partial charge in [0, 0.05) is 65.8 Å². The summed E-state index contributed by atoms with van der Waals surface area (Å²) in [5.41, 5.74) is 12.3. The molecule has 2 aliphatic rings. The number of hydrogen-bond acceptors (Lipinski definition) is 10. The van der Waals surface area contributed by atoms with E-state index < -0.39 is 22.4 Å². The number of hydrogen-bond donors (Lipinski definition) is 6. The Hall–Kier alpha value is -4.00. The number of aliphatic hydroxyl groups is 1. The topological polar surface area (TPSA) is 227 Å². The van der Waals surface area contributed by atoms with E-state index in [1.54, 1.807) is 6.07 Å². The van der Waals surface area contributed by atoms with Gasteiger partial charge in [0.15, 0.2) is 0 Å². The number of aryl methyl sites for hydroxylation is 1. The predicted molar refractivity (Wildman–Crippen MR) is 212 cm³/mol. The maximum Gasteiger partial charge on any atom is 2.00 e. The van der Waals surface area contributed by atoms with Gasteiger partial charge in [-0.25, -0.2) is 4.79 Å². The predicted octanol–water partition coefficient (Wildman–Crippen LogP) is 3.26. The number of aromatic nitrogens is 1. The minimum atomic E-state index is -5.17. The molecule has 0 bridgehead atoms. The van der Waals surface area contributed by atoms with Crippen LogP contribution in [0.1, 0.15) is 65.9 Å². The average molecular weight is 787 g/mol. The van der Waals surface area contributed by atoms with Gasteiger partial charge in [-0.1, -0.05) is 54.6 Å². The molecule has 4 aromatic rings. The quantitative estimate of drug-likeness (QED) is 0.0739. The molecular formula is C39H50MgN6O8S. The molecule has 0 fully saturated rings. The van der Waals surface area contributed by atoms with E-state index in [1.165, 1.54) is 45.3 Å². The number of carbonyl (C=O) groups excluding carboxylic acids is 2. The molecule has 3 amide bonds. The van der Waals surface area contributed by atoms with Gasteiger partial charge in [0.1, 0.15) is 5.75 Å². The fraction of sp³-hybridized carbons (Fsp3) is 0.385. The maximum absolute atomic E-state index is 12.4. The Morgan fingerprint density at radius 2 is 1.75 bits per heavy atom. The van der Waals surface area contributed by atoms with Crippen LogP contribution >= 0.6 is 0 Å². The zero-order chi connectivity index (χ0) is 39.6. The molecule has 14 nitrogen and oxygen atoms in total. The van der Waals surface area contributed by atoms with Crippen LogP contribution in [-0.4, -0.2) is 129 Å². The van der Waals surface area contributed by atoms with Gasteiger partial charge >= 0.3 is 29.1 Å². The zero-order valence-electron chi connectivity index (χ0n) is 31.7. The van der Waals surface area contributed by atoms with Crippen LogP contribution in [0.15, 0.2) is 79.0 Å². The van der Waals surface area contributed by atoms with Gasteiger partial charge in [-0.15, -0.1) is 0 Å². The maximum atomic E-state index is 12.4. The first kappa shape index (κ1) is 45.4. The van der Waals surface area contributed by atoms with Gasteiger partial charge in [-0.05, 0) is 93.1 Å². The van der Waals surface area contributed by atoms with Crippen molar-refractivity contribution < 1.29 is 37.3 Å². The molecule has 0 spiro atoms. The molecule has 1 aliphatic carbocycles. The molecule has 2 unspecified atom stereocenters. The molecule has 3 aromatic carbocycles. The Morgan fingerprint density at radius 3 is 2.38 bits per heavy atom. The number of fused-ring (bicyclic) bond motifs is 2. The van der Waals surface area contributed by atoms with Crippen molar-refractivity contribution in [3.05, 3.63) is 107 Å². The molecule has 16 heteroatoms. The van der Waals surface area contributed by atoms with Crippen molar-refractivity contribution in [1.29, 1.82) is 0 Å². The fourth-order valence-corrected chi connectivity index (χ4v) is 6.82. The number of primary amides is 1. The number of H-pyrrole nitrogens is 1. The third-order valence-corrected chi connectivity index (χ3v) is 9.67. The summed E-state index contributed by atoms with van der Waals surface area (Å²) >= 11 is 0. The van der Waals surface area contributed by atoms with Crippen molar-refractivity contribution >= 4 is 61.9 Å². The zero-order valence-corrected chi connectivity index (χ0v) is 33.9. The van der Waals surface area contributed by atoms with Crippen LogP contribution in [0.4, 0.5) is 4.79 Å². The Balaban J connectivity index is 0.000000259. The van der Waals surface area contributed by atoms with E-state index in [2.05, 4.69) is 77.1 Å². The van der Waals surface area contributed by atoms with E-state index in [0.717, 1.165) is 38.9 Å². The fourth-order valence-electron chi connectivity index (χ4n) is 6.82. The number of aromatic hydroxyl groups is 1. The summed E-state index contributed by atoms with van der Waals surface area (Å²) in [6.07, 6.45) is 6.59. The number of aliphatic hydroxyl groups excluding tert-OH is 1. The van der Waals surface area contributed by atoms with Crippen LogP contribution in [0.5, 0.6) is 5.75 Å². The van der Waals surface area contributed by atoms with Gasteiger partial charge in [0.05, 0.1) is 17.7 Å². The number of amides is 3. The second-order valence-corrected chi connectivity index (χ2v) is 14.3. The summed E-state index contributed by atoms with van der Waals surface area (Å²) in [5, 5.41) is 27.7. The number of urea groups is 1. The Kier molecular flexibility index (Phi) is 17.1. The van der Waals surface area contributed by atoms with Crippen molar-refractivity contribution in [3.63, 3.8) is 0 Å². The molecule has 2 heterocycles. The first-order valence-corrected chi connectivity index (χ1v) is 19.2. The van der Waals surface area contributed by atoms with Gasteiger partial charge < -0.3 is 45.6 Å². The first-order chi connectivity index (χ1) is 25.6. The molecule has 0 radical (unpaired) electrons. The number of likely N-dealkylation sites (N-methyl/N-ethyl adjacent to an activating group) is 1. The largest absolute Gasteiger partial charge is 2.00 e. The summed E-state index contributed by atoms with van der Waals surface area (Å²) in [5.74, 6) is -0.895. The van der Waals surface area contributed by atoms with Crippen molar-refractivity contribution in [1.82, 2.24) is 25.4 Å². The van der Waals surface area contributed by atoms with Crippen LogP contribution < -0.4 is 16.4 Å². The van der Waals surface area contributed by atoms with Crippen molar-refractivity contribution in [2.45, 2.75) is 64.3 Å². The molecular weight excluding hydrogens is 737 g/mol. The first-order valence-electron chi connectivity index (χ1n) is 17.9. The third-order valence-electron chi connectivity index (χ3n) is 9.67. The third kappa shape index (κ3) is 13.0. The van der Waals surface area contributed by atoms with Crippen LogP contribution in [0.3, 0.4) is 0 Å². The standard InChI is InChI=1S/C20H26N4O.C19H24N2O3.Mg.H2O4S/c1-4-24(5-2)20(25)22-14-10-16-15-7-6-8-17-19(15)13(11-21-17)9-18(16)23(3)12-14;1-13(7-8-14-5-3-2-4-6-14)21-12-18(23)15-9-10-17(22)16(11-15)19(20)24;;1-5(2,3)4/h6-8,10-11,14,18,21H,4-5,9,12H2,1-3H3,(H,22,25);2-6,9-11,13,18,21-23H,7-8,12H2,1H3,(H2,20,24);;(H2,1,2,3,4)/q;;+2;/p-2/t14-,18+;;;/m0.../s1. The van der Waals surface area contributed by atoms with E-state index >= 15 is 0 Å². The summed E-state index contributed by atoms with van der Waals surface area (Å²) < 4.78 is 34.1. The molecule has 0 saturated heterocycles. The van der Waals surface area contributed by atoms with Crippen LogP contribution in [0, 0.1) is 0 Å². The van der Waals surface area contributed by atoms with E-state index in [1.807, 2.05) is 36.9 Å². The number of aromatic amines is 1. The van der Waals surface area contributed by atoms with Crippen molar-refractivity contribution in [3.8, 4) is 5.75 Å². The van der Waals surface area contributed by atoms with Gasteiger partial charge in [-0.2, -0.15) is 0 Å². The van der Waals surface area contributed by atoms with Crippen molar-refractivity contribution in [2.75, 3.05) is 33.2 Å². The molecule has 292 valence electrons. The van der Waals surface area contributed by atoms with E-state index in [0.29, 0.717) is 18.2 Å². The Morgan fingerprint density at radius 1 is 1.07 bits per heavy atom. The minimum absolute atomic E-state index is 0. The van der Waals surface area contributed by atoms with Crippen LogP contribution in [0.25, 0.3) is 16.5 Å². The number of nitrogens with two attached hydrogens (primary N) is 1. The van der Waals surface area contributed by atoms with E-state index in [4.69, 9.17) is 23.3 Å². The molecule has 55 heavy (non-hydrogen) atoms. The van der Waals surface area contributed by atoms with Crippen LogP contribution in [-0.2, 0) is 23.2 Å². The normalized spacial score (nSPS) is 17.1. The smallest absolute Gasteiger partial charge is 0.759 e.